The molecular weight excluding hydrogens is 342 g/mol. The van der Waals surface area contributed by atoms with Crippen LogP contribution in [0.4, 0.5) is 5.69 Å². The molecule has 2 aliphatic heterocycles. The van der Waals surface area contributed by atoms with Crippen molar-refractivity contribution in [1.82, 2.24) is 9.80 Å². The molecule has 0 unspecified atom stereocenters. The predicted molar refractivity (Wildman–Crippen MR) is 108 cm³/mol. The van der Waals surface area contributed by atoms with Gasteiger partial charge in [-0.1, -0.05) is 19.3 Å². The summed E-state index contributed by atoms with van der Waals surface area (Å²) in [6.45, 7) is 5.67. The van der Waals surface area contributed by atoms with Gasteiger partial charge in [0.15, 0.2) is 17.5 Å². The molecule has 148 valence electrons. The Morgan fingerprint density at radius 1 is 1.07 bits per heavy atom. The molecule has 1 saturated carbocycles. The molecule has 3 N–H and O–H groups in total. The molecule has 1 aliphatic carbocycles. The minimum Gasteiger partial charge on any atom is -0.454 e. The standard InChI is InChI=1S/C20H31N5O2/c21-8-9-22-20(23-16-6-7-18-19(14-16)27-15-26-18)25-12-10-24(11-13-25)17-4-2-1-3-5-17/h6-7,14,17H,1-5,8-13,15,21H2,(H,22,23). The van der Waals surface area contributed by atoms with Crippen molar-refractivity contribution in [3.63, 3.8) is 0 Å². The zero-order chi connectivity index (χ0) is 18.5. The Kier molecular flexibility index (Phi) is 5.99. The molecule has 0 bridgehead atoms. The van der Waals surface area contributed by atoms with Gasteiger partial charge in [-0.05, 0) is 25.0 Å². The highest BCUT2D eigenvalue weighted by Crippen LogP contribution is 2.34. The number of hydrogen-bond donors (Lipinski definition) is 2. The van der Waals surface area contributed by atoms with E-state index < -0.39 is 0 Å². The van der Waals surface area contributed by atoms with Gasteiger partial charge in [0.2, 0.25) is 6.79 Å². The molecule has 4 rings (SSSR count). The molecular formula is C20H31N5O2. The number of nitrogens with one attached hydrogen (secondary N) is 1. The average molecular weight is 374 g/mol. The lowest BCUT2D eigenvalue weighted by molar-refractivity contribution is 0.107. The second-order valence-electron chi connectivity index (χ2n) is 7.50. The Morgan fingerprint density at radius 3 is 2.63 bits per heavy atom. The molecule has 7 heteroatoms. The third kappa shape index (κ3) is 4.47. The van der Waals surface area contributed by atoms with Crippen LogP contribution in [0.2, 0.25) is 0 Å². The maximum Gasteiger partial charge on any atom is 0.231 e. The van der Waals surface area contributed by atoms with Crippen LogP contribution in [0, 0.1) is 0 Å². The van der Waals surface area contributed by atoms with Crippen molar-refractivity contribution < 1.29 is 9.47 Å². The van der Waals surface area contributed by atoms with Crippen LogP contribution >= 0.6 is 0 Å². The predicted octanol–water partition coefficient (Wildman–Crippen LogP) is 2.09. The topological polar surface area (TPSA) is 75.3 Å². The van der Waals surface area contributed by atoms with Crippen LogP contribution in [0.5, 0.6) is 11.5 Å². The zero-order valence-corrected chi connectivity index (χ0v) is 16.0. The molecule has 0 amide bonds. The third-order valence-corrected chi connectivity index (χ3v) is 5.72. The number of nitrogens with zero attached hydrogens (tertiary/aromatic N) is 3. The van der Waals surface area contributed by atoms with Gasteiger partial charge in [0.05, 0.1) is 6.54 Å². The molecule has 7 nitrogen and oxygen atoms in total. The lowest BCUT2D eigenvalue weighted by atomic mass is 9.94. The van der Waals surface area contributed by atoms with Crippen LogP contribution < -0.4 is 20.5 Å². The van der Waals surface area contributed by atoms with Crippen molar-refractivity contribution in [2.24, 2.45) is 10.7 Å². The third-order valence-electron chi connectivity index (χ3n) is 5.72. The van der Waals surface area contributed by atoms with E-state index in [9.17, 15) is 0 Å². The first kappa shape index (κ1) is 18.4. The van der Waals surface area contributed by atoms with E-state index in [1.807, 2.05) is 18.2 Å². The maximum absolute atomic E-state index is 5.69. The molecule has 0 aromatic heterocycles. The van der Waals surface area contributed by atoms with Crippen LogP contribution in [0.15, 0.2) is 23.2 Å². The summed E-state index contributed by atoms with van der Waals surface area (Å²) in [6.07, 6.45) is 6.92. The van der Waals surface area contributed by atoms with Gasteiger partial charge in [-0.3, -0.25) is 9.89 Å². The number of rotatable bonds is 4. The summed E-state index contributed by atoms with van der Waals surface area (Å²) in [6, 6.07) is 6.70. The van der Waals surface area contributed by atoms with E-state index in [0.29, 0.717) is 13.1 Å². The lowest BCUT2D eigenvalue weighted by Gasteiger charge is -2.41. The largest absolute Gasteiger partial charge is 0.454 e. The monoisotopic (exact) mass is 373 g/mol. The molecule has 0 spiro atoms. The number of hydrogen-bond acceptors (Lipinski definition) is 5. The maximum atomic E-state index is 5.69. The number of ether oxygens (including phenoxy) is 2. The number of guanidine groups is 1. The first-order chi connectivity index (χ1) is 13.3. The minimum atomic E-state index is 0.288. The van der Waals surface area contributed by atoms with Crippen molar-refractivity contribution in [3.05, 3.63) is 18.2 Å². The highest BCUT2D eigenvalue weighted by Gasteiger charge is 2.26. The fourth-order valence-corrected chi connectivity index (χ4v) is 4.24. The Labute approximate surface area is 161 Å². The summed E-state index contributed by atoms with van der Waals surface area (Å²) in [7, 11) is 0. The summed E-state index contributed by atoms with van der Waals surface area (Å²) < 4.78 is 10.9. The molecule has 27 heavy (non-hydrogen) atoms. The van der Waals surface area contributed by atoms with Crippen LogP contribution in [-0.2, 0) is 0 Å². The second kappa shape index (κ2) is 8.80. The van der Waals surface area contributed by atoms with Gasteiger partial charge < -0.3 is 25.4 Å². The molecule has 0 atom stereocenters. The fourth-order valence-electron chi connectivity index (χ4n) is 4.24. The van der Waals surface area contributed by atoms with Crippen molar-refractivity contribution in [1.29, 1.82) is 0 Å². The Morgan fingerprint density at radius 2 is 1.85 bits per heavy atom. The Bertz CT molecular complexity index is 652. The molecule has 1 aromatic rings. The number of aliphatic imine (C=N–C) groups is 1. The van der Waals surface area contributed by atoms with Gasteiger partial charge in [0.1, 0.15) is 0 Å². The smallest absolute Gasteiger partial charge is 0.231 e. The molecule has 0 radical (unpaired) electrons. The van der Waals surface area contributed by atoms with Gasteiger partial charge >= 0.3 is 0 Å². The van der Waals surface area contributed by atoms with Crippen molar-refractivity contribution in [2.75, 3.05) is 51.4 Å². The van der Waals surface area contributed by atoms with Gasteiger partial charge in [-0.2, -0.15) is 0 Å². The normalized spacial score (nSPS) is 21.5. The van der Waals surface area contributed by atoms with Crippen LogP contribution in [0.1, 0.15) is 32.1 Å². The second-order valence-corrected chi connectivity index (χ2v) is 7.50. The van der Waals surface area contributed by atoms with E-state index in [1.54, 1.807) is 0 Å². The lowest BCUT2D eigenvalue weighted by Crippen LogP contribution is -2.53. The molecule has 2 fully saturated rings. The van der Waals surface area contributed by atoms with Crippen LogP contribution in [0.25, 0.3) is 0 Å². The molecule has 3 aliphatic rings. The van der Waals surface area contributed by atoms with Gasteiger partial charge in [-0.25, -0.2) is 0 Å². The van der Waals surface area contributed by atoms with Crippen molar-refractivity contribution >= 4 is 11.6 Å². The number of anilines is 1. The van der Waals surface area contributed by atoms with Crippen LogP contribution in [0.3, 0.4) is 0 Å². The van der Waals surface area contributed by atoms with E-state index in [0.717, 1.165) is 55.4 Å². The molecule has 1 aromatic carbocycles. The molecule has 1 saturated heterocycles. The zero-order valence-electron chi connectivity index (χ0n) is 16.0. The van der Waals surface area contributed by atoms with Crippen LogP contribution in [-0.4, -0.2) is 67.9 Å². The van der Waals surface area contributed by atoms with E-state index in [1.165, 1.54) is 32.1 Å². The molecule has 2 heterocycles. The highest BCUT2D eigenvalue weighted by atomic mass is 16.7. The van der Waals surface area contributed by atoms with E-state index in [2.05, 4.69) is 15.1 Å². The first-order valence-corrected chi connectivity index (χ1v) is 10.2. The fraction of sp³-hybridized carbons (Fsp3) is 0.650. The summed E-state index contributed by atoms with van der Waals surface area (Å²) in [5.41, 5.74) is 6.66. The quantitative estimate of drug-likeness (QED) is 0.622. The number of benzene rings is 1. The van der Waals surface area contributed by atoms with Crippen molar-refractivity contribution in [3.8, 4) is 11.5 Å². The summed E-state index contributed by atoms with van der Waals surface area (Å²) in [5.74, 6) is 2.48. The van der Waals surface area contributed by atoms with E-state index in [-0.39, 0.29) is 6.79 Å². The van der Waals surface area contributed by atoms with Gasteiger partial charge in [0, 0.05) is 50.5 Å². The average Bonchev–Trinajstić information content (AvgIpc) is 3.20. The number of nitrogens with two attached hydrogens (primary N) is 1. The van der Waals surface area contributed by atoms with Gasteiger partial charge in [0.25, 0.3) is 0 Å². The Hall–Kier alpha value is -1.99. The summed E-state index contributed by atoms with van der Waals surface area (Å²) in [5, 5.41) is 3.47. The number of piperazine rings is 1. The summed E-state index contributed by atoms with van der Waals surface area (Å²) >= 11 is 0. The van der Waals surface area contributed by atoms with E-state index in [4.69, 9.17) is 20.2 Å². The summed E-state index contributed by atoms with van der Waals surface area (Å²) in [4.78, 5) is 9.73. The highest BCUT2D eigenvalue weighted by molar-refractivity contribution is 5.94. The van der Waals surface area contributed by atoms with Gasteiger partial charge in [-0.15, -0.1) is 0 Å². The Balaban J connectivity index is 1.39. The minimum absolute atomic E-state index is 0.288. The number of fused-ring (bicyclic) bond motifs is 1. The van der Waals surface area contributed by atoms with E-state index >= 15 is 0 Å². The van der Waals surface area contributed by atoms with Crippen molar-refractivity contribution in [2.45, 2.75) is 38.1 Å². The SMILES string of the molecule is NCCN=C(Nc1ccc2c(c1)OCO2)N1CCN(C2CCCCC2)CC1. The first-order valence-electron chi connectivity index (χ1n) is 10.2.